The molecule has 1 atom stereocenters. The van der Waals surface area contributed by atoms with Crippen LogP contribution in [0.25, 0.3) is 0 Å². The highest BCUT2D eigenvalue weighted by molar-refractivity contribution is 5.78. The lowest BCUT2D eigenvalue weighted by atomic mass is 10.1. The van der Waals surface area contributed by atoms with Gasteiger partial charge in [-0.15, -0.1) is 0 Å². The Hall–Kier alpha value is -1.08. The van der Waals surface area contributed by atoms with Crippen molar-refractivity contribution in [3.63, 3.8) is 0 Å². The first-order valence-corrected chi connectivity index (χ1v) is 6.75. The number of carbonyl (C=O) groups excluding carboxylic acids is 1. The van der Waals surface area contributed by atoms with Crippen LogP contribution in [0.3, 0.4) is 0 Å². The van der Waals surface area contributed by atoms with Crippen LogP contribution in [0.2, 0.25) is 0 Å². The Kier molecular flexibility index (Phi) is 8.40. The molecule has 0 radical (unpaired) electrons. The largest absolute Gasteiger partial charge is 0.352 e. The standard InChI is InChI=1S/C14H27N3O/c1-11(2)9-17(8-6-7-15)10-14(18)16-13(5)12(3)4/h11-13H,6,8-10H2,1-5H3,(H,16,18). The highest BCUT2D eigenvalue weighted by atomic mass is 16.2. The van der Waals surface area contributed by atoms with Crippen molar-refractivity contribution in [3.05, 3.63) is 0 Å². The number of nitriles is 1. The molecule has 0 aliphatic rings. The average Bonchev–Trinajstić information content (AvgIpc) is 2.24. The second-order valence-corrected chi connectivity index (χ2v) is 5.64. The predicted molar refractivity (Wildman–Crippen MR) is 74.0 cm³/mol. The lowest BCUT2D eigenvalue weighted by Crippen LogP contribution is -2.44. The third kappa shape index (κ3) is 8.08. The number of hydrogen-bond donors (Lipinski definition) is 1. The molecule has 0 aliphatic heterocycles. The van der Waals surface area contributed by atoms with Crippen molar-refractivity contribution in [3.8, 4) is 6.07 Å². The smallest absolute Gasteiger partial charge is 0.234 e. The number of hydrogen-bond acceptors (Lipinski definition) is 3. The Morgan fingerprint density at radius 2 is 1.89 bits per heavy atom. The summed E-state index contributed by atoms with van der Waals surface area (Å²) in [5.41, 5.74) is 0. The van der Waals surface area contributed by atoms with Crippen molar-refractivity contribution in [2.75, 3.05) is 19.6 Å². The topological polar surface area (TPSA) is 56.1 Å². The summed E-state index contributed by atoms with van der Waals surface area (Å²) in [6.07, 6.45) is 0.472. The summed E-state index contributed by atoms with van der Waals surface area (Å²) < 4.78 is 0. The van der Waals surface area contributed by atoms with Crippen LogP contribution in [0, 0.1) is 23.2 Å². The summed E-state index contributed by atoms with van der Waals surface area (Å²) in [6.45, 7) is 12.3. The molecule has 0 fully saturated rings. The molecule has 0 rings (SSSR count). The summed E-state index contributed by atoms with van der Waals surface area (Å²) in [6, 6.07) is 2.32. The van der Waals surface area contributed by atoms with Crippen LogP contribution in [-0.4, -0.2) is 36.5 Å². The second-order valence-electron chi connectivity index (χ2n) is 5.64. The minimum atomic E-state index is 0.0507. The van der Waals surface area contributed by atoms with Crippen molar-refractivity contribution < 1.29 is 4.79 Å². The van der Waals surface area contributed by atoms with E-state index in [9.17, 15) is 4.79 Å². The Balaban J connectivity index is 4.21. The monoisotopic (exact) mass is 253 g/mol. The molecule has 4 nitrogen and oxygen atoms in total. The van der Waals surface area contributed by atoms with Crippen molar-refractivity contribution in [2.24, 2.45) is 11.8 Å². The second kappa shape index (κ2) is 8.93. The highest BCUT2D eigenvalue weighted by Gasteiger charge is 2.15. The van der Waals surface area contributed by atoms with Gasteiger partial charge in [-0.3, -0.25) is 9.69 Å². The Morgan fingerprint density at radius 3 is 2.33 bits per heavy atom. The summed E-state index contributed by atoms with van der Waals surface area (Å²) in [5.74, 6) is 0.986. The summed E-state index contributed by atoms with van der Waals surface area (Å²) in [7, 11) is 0. The van der Waals surface area contributed by atoms with Crippen LogP contribution in [0.15, 0.2) is 0 Å². The Bertz CT molecular complexity index is 281. The first-order valence-electron chi connectivity index (χ1n) is 6.75. The Labute approximate surface area is 111 Å². The van der Waals surface area contributed by atoms with Gasteiger partial charge in [0.05, 0.1) is 12.6 Å². The predicted octanol–water partition coefficient (Wildman–Crippen LogP) is 2.02. The maximum Gasteiger partial charge on any atom is 0.234 e. The van der Waals surface area contributed by atoms with Gasteiger partial charge in [0.1, 0.15) is 0 Å². The van der Waals surface area contributed by atoms with E-state index in [-0.39, 0.29) is 11.9 Å². The minimum Gasteiger partial charge on any atom is -0.352 e. The number of rotatable bonds is 8. The molecule has 0 heterocycles. The number of amides is 1. The number of nitrogens with one attached hydrogen (secondary N) is 1. The zero-order valence-corrected chi connectivity index (χ0v) is 12.4. The van der Waals surface area contributed by atoms with Crippen molar-refractivity contribution >= 4 is 5.91 Å². The fourth-order valence-corrected chi connectivity index (χ4v) is 1.63. The average molecular weight is 253 g/mol. The summed E-state index contributed by atoms with van der Waals surface area (Å²) in [5, 5.41) is 11.6. The molecule has 0 aromatic rings. The molecule has 0 spiro atoms. The molecule has 0 aliphatic carbocycles. The van der Waals surface area contributed by atoms with E-state index in [2.05, 4.69) is 44.0 Å². The van der Waals surface area contributed by atoms with Crippen molar-refractivity contribution in [2.45, 2.75) is 47.1 Å². The molecule has 0 saturated carbocycles. The van der Waals surface area contributed by atoms with E-state index in [4.69, 9.17) is 5.26 Å². The van der Waals surface area contributed by atoms with Gasteiger partial charge >= 0.3 is 0 Å². The Morgan fingerprint density at radius 1 is 1.28 bits per heavy atom. The van der Waals surface area contributed by atoms with E-state index in [0.29, 0.717) is 31.3 Å². The van der Waals surface area contributed by atoms with Gasteiger partial charge in [-0.25, -0.2) is 0 Å². The SMILES string of the molecule is CC(C)CN(CCC#N)CC(=O)NC(C)C(C)C. The lowest BCUT2D eigenvalue weighted by molar-refractivity contribution is -0.123. The van der Waals surface area contributed by atoms with Gasteiger partial charge in [0, 0.05) is 25.6 Å². The first-order chi connectivity index (χ1) is 8.36. The highest BCUT2D eigenvalue weighted by Crippen LogP contribution is 2.02. The van der Waals surface area contributed by atoms with Crippen LogP contribution in [-0.2, 0) is 4.79 Å². The van der Waals surface area contributed by atoms with Gasteiger partial charge in [0.25, 0.3) is 0 Å². The zero-order valence-electron chi connectivity index (χ0n) is 12.4. The maximum absolute atomic E-state index is 11.9. The fourth-order valence-electron chi connectivity index (χ4n) is 1.63. The molecule has 4 heteroatoms. The molecule has 1 amide bonds. The van der Waals surface area contributed by atoms with Crippen molar-refractivity contribution in [1.82, 2.24) is 10.2 Å². The van der Waals surface area contributed by atoms with Gasteiger partial charge in [-0.2, -0.15) is 5.26 Å². The fraction of sp³-hybridized carbons (Fsp3) is 0.857. The van der Waals surface area contributed by atoms with Crippen LogP contribution >= 0.6 is 0 Å². The zero-order chi connectivity index (χ0) is 14.1. The van der Waals surface area contributed by atoms with Crippen LogP contribution in [0.4, 0.5) is 0 Å². The van der Waals surface area contributed by atoms with Crippen LogP contribution in [0.5, 0.6) is 0 Å². The molecular weight excluding hydrogens is 226 g/mol. The van der Waals surface area contributed by atoms with Crippen LogP contribution < -0.4 is 5.32 Å². The quantitative estimate of drug-likeness (QED) is 0.720. The maximum atomic E-state index is 11.9. The van der Waals surface area contributed by atoms with Gasteiger partial charge in [0.15, 0.2) is 0 Å². The molecule has 1 unspecified atom stereocenters. The molecule has 0 aromatic heterocycles. The van der Waals surface area contributed by atoms with E-state index in [1.165, 1.54) is 0 Å². The van der Waals surface area contributed by atoms with E-state index in [0.717, 1.165) is 6.54 Å². The minimum absolute atomic E-state index is 0.0507. The first kappa shape index (κ1) is 16.9. The summed E-state index contributed by atoms with van der Waals surface area (Å²) in [4.78, 5) is 13.9. The third-order valence-corrected chi connectivity index (χ3v) is 2.92. The lowest BCUT2D eigenvalue weighted by Gasteiger charge is -2.24. The third-order valence-electron chi connectivity index (χ3n) is 2.92. The molecule has 0 bridgehead atoms. The molecule has 18 heavy (non-hydrogen) atoms. The van der Waals surface area contributed by atoms with E-state index >= 15 is 0 Å². The molecule has 0 saturated heterocycles. The van der Waals surface area contributed by atoms with Gasteiger partial charge in [-0.05, 0) is 18.8 Å². The van der Waals surface area contributed by atoms with Crippen molar-refractivity contribution in [1.29, 1.82) is 5.26 Å². The van der Waals surface area contributed by atoms with Gasteiger partial charge in [-0.1, -0.05) is 27.7 Å². The van der Waals surface area contributed by atoms with E-state index in [1.54, 1.807) is 0 Å². The molecule has 0 aromatic carbocycles. The van der Waals surface area contributed by atoms with Gasteiger partial charge in [0.2, 0.25) is 5.91 Å². The van der Waals surface area contributed by atoms with Gasteiger partial charge < -0.3 is 5.32 Å². The van der Waals surface area contributed by atoms with E-state index < -0.39 is 0 Å². The number of carbonyl (C=O) groups is 1. The number of nitrogens with zero attached hydrogens (tertiary/aromatic N) is 2. The normalized spacial score (nSPS) is 12.8. The molecular formula is C14H27N3O. The van der Waals surface area contributed by atoms with Crippen LogP contribution in [0.1, 0.15) is 41.0 Å². The molecule has 1 N–H and O–H groups in total. The summed E-state index contributed by atoms with van der Waals surface area (Å²) >= 11 is 0. The van der Waals surface area contributed by atoms with E-state index in [1.807, 2.05) is 6.92 Å². The molecule has 104 valence electrons.